The Labute approximate surface area is 159 Å². The van der Waals surface area contributed by atoms with Gasteiger partial charge in [-0.05, 0) is 55.9 Å². The minimum atomic E-state index is 0.691. The molecule has 0 amide bonds. The summed E-state index contributed by atoms with van der Waals surface area (Å²) in [6.07, 6.45) is 6.59. The van der Waals surface area contributed by atoms with Crippen LogP contribution in [-0.4, -0.2) is 54.5 Å². The second kappa shape index (κ2) is 8.73. The molecule has 4 rings (SSSR count). The third-order valence-electron chi connectivity index (χ3n) is 5.32. The van der Waals surface area contributed by atoms with Crippen molar-refractivity contribution in [2.45, 2.75) is 38.3 Å². The molecular weight excluding hydrogens is 344 g/mol. The fourth-order valence-corrected chi connectivity index (χ4v) is 4.54. The molecule has 5 nitrogen and oxygen atoms in total. The minimum absolute atomic E-state index is 0.691. The van der Waals surface area contributed by atoms with Crippen molar-refractivity contribution in [3.05, 3.63) is 46.5 Å². The highest BCUT2D eigenvalue weighted by atomic mass is 32.1. The van der Waals surface area contributed by atoms with Gasteiger partial charge in [-0.15, -0.1) is 11.3 Å². The minimum Gasteiger partial charge on any atom is -0.469 e. The fourth-order valence-electron chi connectivity index (χ4n) is 3.91. The first-order valence-corrected chi connectivity index (χ1v) is 10.6. The maximum atomic E-state index is 5.45. The molecule has 1 unspecified atom stereocenters. The molecule has 1 N–H and O–H groups in total. The average Bonchev–Trinajstić information content (AvgIpc) is 3.45. The quantitative estimate of drug-likeness (QED) is 0.625. The molecule has 2 aromatic rings. The molecule has 2 aromatic heterocycles. The number of furan rings is 1. The Morgan fingerprint density at radius 3 is 2.92 bits per heavy atom. The van der Waals surface area contributed by atoms with Crippen molar-refractivity contribution in [1.82, 2.24) is 15.1 Å². The maximum absolute atomic E-state index is 5.45. The van der Waals surface area contributed by atoms with E-state index in [0.29, 0.717) is 6.04 Å². The molecule has 0 saturated carbocycles. The van der Waals surface area contributed by atoms with Gasteiger partial charge in [-0.1, -0.05) is 6.07 Å². The first kappa shape index (κ1) is 17.6. The molecule has 1 atom stereocenters. The second-order valence-corrected chi connectivity index (χ2v) is 8.14. The molecular formula is C20H28N4OS. The molecule has 140 valence electrons. The number of nitrogens with zero attached hydrogens (tertiary/aromatic N) is 3. The Morgan fingerprint density at radius 1 is 1.23 bits per heavy atom. The summed E-state index contributed by atoms with van der Waals surface area (Å²) in [5, 5.41) is 5.69. The van der Waals surface area contributed by atoms with Gasteiger partial charge >= 0.3 is 0 Å². The highest BCUT2D eigenvalue weighted by Gasteiger charge is 2.30. The highest BCUT2D eigenvalue weighted by molar-refractivity contribution is 7.09. The molecule has 0 aliphatic carbocycles. The third-order valence-corrected chi connectivity index (χ3v) is 6.18. The van der Waals surface area contributed by atoms with Crippen LogP contribution in [0.1, 0.15) is 29.9 Å². The number of thiophene rings is 1. The molecule has 6 heteroatoms. The van der Waals surface area contributed by atoms with Crippen molar-refractivity contribution in [3.8, 4) is 0 Å². The van der Waals surface area contributed by atoms with Crippen LogP contribution in [0.4, 0.5) is 0 Å². The van der Waals surface area contributed by atoms with E-state index in [1.807, 2.05) is 12.1 Å². The Bertz CT molecular complexity index is 677. The average molecular weight is 373 g/mol. The summed E-state index contributed by atoms with van der Waals surface area (Å²) < 4.78 is 5.45. The van der Waals surface area contributed by atoms with Gasteiger partial charge in [-0.3, -0.25) is 4.90 Å². The van der Waals surface area contributed by atoms with Crippen LogP contribution in [0.3, 0.4) is 0 Å². The van der Waals surface area contributed by atoms with Crippen molar-refractivity contribution >= 4 is 17.3 Å². The largest absolute Gasteiger partial charge is 0.469 e. The van der Waals surface area contributed by atoms with E-state index in [9.17, 15) is 0 Å². The van der Waals surface area contributed by atoms with E-state index in [1.54, 1.807) is 17.6 Å². The summed E-state index contributed by atoms with van der Waals surface area (Å²) in [7, 11) is 0. The predicted octanol–water partition coefficient (Wildman–Crippen LogP) is 3.20. The van der Waals surface area contributed by atoms with Crippen LogP contribution in [0, 0.1) is 0 Å². The maximum Gasteiger partial charge on any atom is 0.194 e. The fraction of sp³-hybridized carbons (Fsp3) is 0.550. The third kappa shape index (κ3) is 4.48. The van der Waals surface area contributed by atoms with Crippen molar-refractivity contribution in [2.75, 3.05) is 32.7 Å². The molecule has 2 aliphatic rings. The molecule has 0 bridgehead atoms. The lowest BCUT2D eigenvalue weighted by Crippen LogP contribution is -2.43. The number of aliphatic imine (C=N–C) groups is 1. The lowest BCUT2D eigenvalue weighted by Gasteiger charge is -2.25. The van der Waals surface area contributed by atoms with Gasteiger partial charge in [0.1, 0.15) is 5.76 Å². The number of likely N-dealkylation sites (tertiary alicyclic amines) is 2. The van der Waals surface area contributed by atoms with Crippen LogP contribution >= 0.6 is 11.3 Å². The SMILES string of the molecule is c1coc(CCNC(=NCc2cccs2)N2CCC(N3CCCC3)C2)c1. The molecule has 0 spiro atoms. The van der Waals surface area contributed by atoms with Gasteiger partial charge in [0.15, 0.2) is 5.96 Å². The Kier molecular flexibility index (Phi) is 5.92. The van der Waals surface area contributed by atoms with Gasteiger partial charge in [0.25, 0.3) is 0 Å². The first-order chi connectivity index (χ1) is 12.9. The first-order valence-electron chi connectivity index (χ1n) is 9.70. The second-order valence-electron chi connectivity index (χ2n) is 7.11. The van der Waals surface area contributed by atoms with Crippen molar-refractivity contribution in [3.63, 3.8) is 0 Å². The smallest absolute Gasteiger partial charge is 0.194 e. The van der Waals surface area contributed by atoms with E-state index < -0.39 is 0 Å². The van der Waals surface area contributed by atoms with Gasteiger partial charge in [0, 0.05) is 37.0 Å². The highest BCUT2D eigenvalue weighted by Crippen LogP contribution is 2.21. The summed E-state index contributed by atoms with van der Waals surface area (Å²) in [6.45, 7) is 6.33. The monoisotopic (exact) mass is 372 g/mol. The van der Waals surface area contributed by atoms with Crippen LogP contribution in [0.5, 0.6) is 0 Å². The van der Waals surface area contributed by atoms with E-state index in [1.165, 1.54) is 37.2 Å². The summed E-state index contributed by atoms with van der Waals surface area (Å²) in [5.74, 6) is 2.07. The molecule has 0 aromatic carbocycles. The zero-order chi connectivity index (χ0) is 17.6. The molecule has 2 saturated heterocycles. The van der Waals surface area contributed by atoms with Crippen LogP contribution in [0.2, 0.25) is 0 Å². The number of nitrogens with one attached hydrogen (secondary N) is 1. The molecule has 2 fully saturated rings. The number of guanidine groups is 1. The summed E-state index contributed by atoms with van der Waals surface area (Å²) >= 11 is 1.77. The molecule has 0 radical (unpaired) electrons. The van der Waals surface area contributed by atoms with E-state index in [2.05, 4.69) is 32.6 Å². The van der Waals surface area contributed by atoms with E-state index >= 15 is 0 Å². The van der Waals surface area contributed by atoms with Crippen molar-refractivity contribution < 1.29 is 4.42 Å². The Balaban J connectivity index is 1.37. The van der Waals surface area contributed by atoms with Gasteiger partial charge < -0.3 is 14.6 Å². The van der Waals surface area contributed by atoms with Gasteiger partial charge in [-0.25, -0.2) is 4.99 Å². The number of hydrogen-bond acceptors (Lipinski definition) is 4. The molecule has 2 aliphatic heterocycles. The van der Waals surface area contributed by atoms with Crippen LogP contribution in [0.25, 0.3) is 0 Å². The van der Waals surface area contributed by atoms with Crippen molar-refractivity contribution in [2.24, 2.45) is 4.99 Å². The zero-order valence-electron chi connectivity index (χ0n) is 15.3. The normalized spacial score (nSPS) is 21.6. The lowest BCUT2D eigenvalue weighted by atomic mass is 10.2. The van der Waals surface area contributed by atoms with E-state index in [4.69, 9.17) is 9.41 Å². The number of rotatable bonds is 6. The molecule has 4 heterocycles. The van der Waals surface area contributed by atoms with Crippen LogP contribution in [0.15, 0.2) is 45.3 Å². The standard InChI is InChI=1S/C20H28N4OS/c1-2-11-23(10-1)17-8-12-24(16-17)20(22-15-19-6-4-14-26-19)21-9-7-18-5-3-13-25-18/h3-6,13-14,17H,1-2,7-12,15-16H2,(H,21,22). The van der Waals surface area contributed by atoms with Crippen LogP contribution in [-0.2, 0) is 13.0 Å². The van der Waals surface area contributed by atoms with Crippen molar-refractivity contribution in [1.29, 1.82) is 0 Å². The Hall–Kier alpha value is -1.79. The summed E-state index contributed by atoms with van der Waals surface area (Å²) in [4.78, 5) is 11.3. The number of hydrogen-bond donors (Lipinski definition) is 1. The lowest BCUT2D eigenvalue weighted by molar-refractivity contribution is 0.249. The Morgan fingerprint density at radius 2 is 2.15 bits per heavy atom. The van der Waals surface area contributed by atoms with Gasteiger partial charge in [-0.2, -0.15) is 0 Å². The predicted molar refractivity (Wildman–Crippen MR) is 107 cm³/mol. The molecule has 26 heavy (non-hydrogen) atoms. The zero-order valence-corrected chi connectivity index (χ0v) is 16.1. The van der Waals surface area contributed by atoms with E-state index in [0.717, 1.165) is 44.3 Å². The summed E-state index contributed by atoms with van der Waals surface area (Å²) in [5.41, 5.74) is 0. The topological polar surface area (TPSA) is 44.0 Å². The van der Waals surface area contributed by atoms with E-state index in [-0.39, 0.29) is 0 Å². The van der Waals surface area contributed by atoms with Gasteiger partial charge in [0.2, 0.25) is 0 Å². The summed E-state index contributed by atoms with van der Waals surface area (Å²) in [6, 6.07) is 8.92. The van der Waals surface area contributed by atoms with Crippen LogP contribution < -0.4 is 5.32 Å². The van der Waals surface area contributed by atoms with Gasteiger partial charge in [0.05, 0.1) is 12.8 Å².